The lowest BCUT2D eigenvalue weighted by atomic mass is 9.98. The largest absolute Gasteiger partial charge is 0.508 e. The van der Waals surface area contributed by atoms with Crippen LogP contribution in [0.3, 0.4) is 0 Å². The van der Waals surface area contributed by atoms with Crippen molar-refractivity contribution in [1.29, 1.82) is 0 Å². The van der Waals surface area contributed by atoms with Gasteiger partial charge in [-0.15, -0.1) is 0 Å². The average molecular weight is 429 g/mol. The number of phenolic OH excluding ortho intramolecular Hbond substituents is 1. The van der Waals surface area contributed by atoms with Gasteiger partial charge in [-0.2, -0.15) is 5.10 Å². The fraction of sp³-hybridized carbons (Fsp3) is 0.269. The average Bonchev–Trinajstić information content (AvgIpc) is 3.15. The van der Waals surface area contributed by atoms with Crippen LogP contribution >= 0.6 is 0 Å². The first-order valence-corrected chi connectivity index (χ1v) is 10.9. The number of carbonyl (C=O) groups is 1. The molecule has 0 unspecified atom stereocenters. The van der Waals surface area contributed by atoms with E-state index in [0.717, 1.165) is 45.5 Å². The lowest BCUT2D eigenvalue weighted by molar-refractivity contribution is 0.102. The van der Waals surface area contributed by atoms with E-state index in [4.69, 9.17) is 4.98 Å². The van der Waals surface area contributed by atoms with Gasteiger partial charge >= 0.3 is 0 Å². The molecule has 0 saturated heterocycles. The monoisotopic (exact) mass is 428 g/mol. The molecule has 0 saturated carbocycles. The van der Waals surface area contributed by atoms with Crippen molar-refractivity contribution >= 4 is 22.5 Å². The zero-order chi connectivity index (χ0) is 23.0. The molecule has 6 heteroatoms. The number of aromatic hydroxyl groups is 1. The molecule has 0 aliphatic carbocycles. The van der Waals surface area contributed by atoms with Crippen molar-refractivity contribution in [3.8, 4) is 17.0 Å². The highest BCUT2D eigenvalue weighted by molar-refractivity contribution is 6.13. The molecule has 32 heavy (non-hydrogen) atoms. The van der Waals surface area contributed by atoms with E-state index < -0.39 is 0 Å². The maximum absolute atomic E-state index is 13.5. The number of aryl methyl sites for hydroxylation is 3. The summed E-state index contributed by atoms with van der Waals surface area (Å²) < 4.78 is 1.87. The summed E-state index contributed by atoms with van der Waals surface area (Å²) in [6, 6.07) is 13.0. The van der Waals surface area contributed by atoms with Gasteiger partial charge in [0.05, 0.1) is 22.5 Å². The van der Waals surface area contributed by atoms with Crippen LogP contribution < -0.4 is 5.32 Å². The summed E-state index contributed by atoms with van der Waals surface area (Å²) in [6.45, 7) is 10.6. The number of aromatic nitrogens is 3. The summed E-state index contributed by atoms with van der Waals surface area (Å²) in [5.74, 6) is 0.169. The first-order chi connectivity index (χ1) is 15.3. The third-order valence-corrected chi connectivity index (χ3v) is 5.75. The van der Waals surface area contributed by atoms with Gasteiger partial charge in [-0.05, 0) is 62.1 Å². The summed E-state index contributed by atoms with van der Waals surface area (Å²) in [6.07, 6.45) is 1.97. The summed E-state index contributed by atoms with van der Waals surface area (Å²) in [4.78, 5) is 18.3. The summed E-state index contributed by atoms with van der Waals surface area (Å²) in [7, 11) is 0. The van der Waals surface area contributed by atoms with Crippen molar-refractivity contribution < 1.29 is 9.90 Å². The fourth-order valence-electron chi connectivity index (χ4n) is 3.93. The Morgan fingerprint density at radius 2 is 1.91 bits per heavy atom. The number of amides is 1. The van der Waals surface area contributed by atoms with Gasteiger partial charge in [-0.25, -0.2) is 4.98 Å². The normalized spacial score (nSPS) is 11.3. The predicted molar refractivity (Wildman–Crippen MR) is 128 cm³/mol. The minimum Gasteiger partial charge on any atom is -0.508 e. The number of para-hydroxylation sites is 1. The number of hydrogen-bond donors (Lipinski definition) is 2. The van der Waals surface area contributed by atoms with Crippen LogP contribution in [0.25, 0.3) is 22.2 Å². The van der Waals surface area contributed by atoms with Gasteiger partial charge in [0.1, 0.15) is 5.75 Å². The second-order valence-corrected chi connectivity index (χ2v) is 8.39. The number of hydrogen-bond acceptors (Lipinski definition) is 4. The molecular weight excluding hydrogens is 400 g/mol. The van der Waals surface area contributed by atoms with Gasteiger partial charge in [0.15, 0.2) is 0 Å². The topological polar surface area (TPSA) is 80.0 Å². The molecule has 4 rings (SSSR count). The molecule has 2 aromatic heterocycles. The van der Waals surface area contributed by atoms with E-state index in [1.54, 1.807) is 6.07 Å². The molecule has 2 N–H and O–H groups in total. The van der Waals surface area contributed by atoms with Gasteiger partial charge < -0.3 is 10.4 Å². The van der Waals surface area contributed by atoms with Crippen molar-refractivity contribution in [3.63, 3.8) is 0 Å². The quantitative estimate of drug-likeness (QED) is 0.393. The molecule has 0 atom stereocenters. The number of fused-ring (bicyclic) bond motifs is 1. The van der Waals surface area contributed by atoms with Crippen molar-refractivity contribution in [2.75, 3.05) is 5.32 Å². The first-order valence-electron chi connectivity index (χ1n) is 10.9. The van der Waals surface area contributed by atoms with Crippen LogP contribution in [0.4, 0.5) is 5.69 Å². The maximum atomic E-state index is 13.5. The fourth-order valence-corrected chi connectivity index (χ4v) is 3.93. The van der Waals surface area contributed by atoms with E-state index in [9.17, 15) is 9.90 Å². The molecule has 4 aromatic rings. The van der Waals surface area contributed by atoms with Crippen LogP contribution in [-0.4, -0.2) is 25.8 Å². The van der Waals surface area contributed by atoms with E-state index in [0.29, 0.717) is 11.3 Å². The molecule has 2 heterocycles. The molecule has 0 aliphatic rings. The van der Waals surface area contributed by atoms with E-state index in [2.05, 4.69) is 10.4 Å². The standard InChI is InChI=1S/C26H28N4O2/c1-6-30-14-21(17(5)29-30)24-13-20(18-9-7-8-10-22(18)27-24)26(32)28-23-12-19(15(2)3)25(31)11-16(23)4/h7-15,31H,6H2,1-5H3,(H,28,32). The second-order valence-electron chi connectivity index (χ2n) is 8.39. The van der Waals surface area contributed by atoms with Crippen LogP contribution in [0, 0.1) is 13.8 Å². The number of nitrogens with zero attached hydrogens (tertiary/aromatic N) is 3. The Hall–Kier alpha value is -3.67. The molecule has 0 radical (unpaired) electrons. The predicted octanol–water partition coefficient (Wildman–Crippen LogP) is 5.82. The Kier molecular flexibility index (Phi) is 5.70. The number of rotatable bonds is 5. The number of benzene rings is 2. The number of phenols is 1. The molecule has 0 aliphatic heterocycles. The molecule has 6 nitrogen and oxygen atoms in total. The number of carbonyl (C=O) groups excluding carboxylic acids is 1. The molecule has 0 bridgehead atoms. The Bertz CT molecular complexity index is 1320. The third-order valence-electron chi connectivity index (χ3n) is 5.75. The maximum Gasteiger partial charge on any atom is 0.256 e. The van der Waals surface area contributed by atoms with Crippen molar-refractivity contribution in [3.05, 3.63) is 71.0 Å². The zero-order valence-electron chi connectivity index (χ0n) is 19.1. The Labute approximate surface area is 187 Å². The molecule has 2 aromatic carbocycles. The Morgan fingerprint density at radius 3 is 2.59 bits per heavy atom. The van der Waals surface area contributed by atoms with Crippen LogP contribution in [0.2, 0.25) is 0 Å². The lowest BCUT2D eigenvalue weighted by Crippen LogP contribution is -2.14. The van der Waals surface area contributed by atoms with Crippen LogP contribution in [0.1, 0.15) is 53.9 Å². The van der Waals surface area contributed by atoms with Gasteiger partial charge in [-0.3, -0.25) is 9.48 Å². The molecule has 0 spiro atoms. The number of pyridine rings is 1. The molecular formula is C26H28N4O2. The van der Waals surface area contributed by atoms with E-state index >= 15 is 0 Å². The van der Waals surface area contributed by atoms with Gasteiger partial charge in [0.25, 0.3) is 5.91 Å². The van der Waals surface area contributed by atoms with Gasteiger partial charge in [-0.1, -0.05) is 32.0 Å². The molecule has 0 fully saturated rings. The smallest absolute Gasteiger partial charge is 0.256 e. The van der Waals surface area contributed by atoms with Crippen molar-refractivity contribution in [2.45, 2.75) is 47.1 Å². The first kappa shape index (κ1) is 21.6. The Morgan fingerprint density at radius 1 is 1.16 bits per heavy atom. The summed E-state index contributed by atoms with van der Waals surface area (Å²) in [5.41, 5.74) is 6.10. The van der Waals surface area contributed by atoms with E-state index in [1.807, 2.05) is 81.9 Å². The number of nitrogens with one attached hydrogen (secondary N) is 1. The summed E-state index contributed by atoms with van der Waals surface area (Å²) in [5, 5.41) is 18.6. The van der Waals surface area contributed by atoms with Crippen LogP contribution in [0.5, 0.6) is 5.75 Å². The zero-order valence-corrected chi connectivity index (χ0v) is 19.1. The molecule has 1 amide bonds. The second kappa shape index (κ2) is 8.46. The highest BCUT2D eigenvalue weighted by atomic mass is 16.3. The van der Waals surface area contributed by atoms with Crippen molar-refractivity contribution in [2.24, 2.45) is 0 Å². The van der Waals surface area contributed by atoms with Crippen LogP contribution in [-0.2, 0) is 6.54 Å². The van der Waals surface area contributed by atoms with Gasteiger partial charge in [0, 0.05) is 29.4 Å². The summed E-state index contributed by atoms with van der Waals surface area (Å²) >= 11 is 0. The molecule has 164 valence electrons. The highest BCUT2D eigenvalue weighted by Gasteiger charge is 2.18. The highest BCUT2D eigenvalue weighted by Crippen LogP contribution is 2.32. The Balaban J connectivity index is 1.81. The number of anilines is 1. The third kappa shape index (κ3) is 3.96. The lowest BCUT2D eigenvalue weighted by Gasteiger charge is -2.15. The van der Waals surface area contributed by atoms with Crippen LogP contribution in [0.15, 0.2) is 48.7 Å². The van der Waals surface area contributed by atoms with E-state index in [1.165, 1.54) is 0 Å². The SMILES string of the molecule is CCn1cc(-c2cc(C(=O)Nc3cc(C(C)C)c(O)cc3C)c3ccccc3n2)c(C)n1. The van der Waals surface area contributed by atoms with Crippen molar-refractivity contribution in [1.82, 2.24) is 14.8 Å². The minimum absolute atomic E-state index is 0.137. The van der Waals surface area contributed by atoms with E-state index in [-0.39, 0.29) is 17.6 Å². The minimum atomic E-state index is -0.214. The van der Waals surface area contributed by atoms with Gasteiger partial charge in [0.2, 0.25) is 0 Å².